The van der Waals surface area contributed by atoms with Crippen LogP contribution in [-0.2, 0) is 9.47 Å². The van der Waals surface area contributed by atoms with Crippen molar-refractivity contribution in [1.82, 2.24) is 0 Å². The highest BCUT2D eigenvalue weighted by Gasteiger charge is 2.40. The largest absolute Gasteiger partial charge is 0.375 e. The van der Waals surface area contributed by atoms with Gasteiger partial charge in [0, 0.05) is 10.7 Å². The Morgan fingerprint density at radius 1 is 0.722 bits per heavy atom. The molecule has 4 bridgehead atoms. The molecule has 0 aromatic rings. The zero-order valence-corrected chi connectivity index (χ0v) is 13.9. The Labute approximate surface area is 126 Å². The molecule has 0 unspecified atom stereocenters. The van der Waals surface area contributed by atoms with Gasteiger partial charge in [-0.25, -0.2) is 0 Å². The van der Waals surface area contributed by atoms with Crippen LogP contribution < -0.4 is 0 Å². The Kier molecular flexibility index (Phi) is 4.70. The summed E-state index contributed by atoms with van der Waals surface area (Å²) in [5.74, 6) is 1.65. The fraction of sp³-hybridized carbons (Fsp3) is 1.00. The molecule has 2 nitrogen and oxygen atoms in total. The fourth-order valence-corrected chi connectivity index (χ4v) is 5.17. The molecule has 0 radical (unpaired) electrons. The minimum Gasteiger partial charge on any atom is -0.375 e. The molecule has 104 valence electrons. The summed E-state index contributed by atoms with van der Waals surface area (Å²) in [5.41, 5.74) is 0. The molecule has 4 fully saturated rings. The van der Waals surface area contributed by atoms with Gasteiger partial charge < -0.3 is 9.47 Å². The molecule has 0 N–H and O–H groups in total. The molecule has 4 aliphatic rings. The number of alkyl halides is 2. The van der Waals surface area contributed by atoms with Gasteiger partial charge in [0.2, 0.25) is 0 Å². The van der Waals surface area contributed by atoms with Crippen LogP contribution in [0.15, 0.2) is 0 Å². The van der Waals surface area contributed by atoms with Gasteiger partial charge in [-0.05, 0) is 50.4 Å². The Morgan fingerprint density at radius 2 is 1.17 bits per heavy atom. The van der Waals surface area contributed by atoms with Crippen LogP contribution in [0.3, 0.4) is 0 Å². The molecule has 4 saturated heterocycles. The Morgan fingerprint density at radius 3 is 1.33 bits per heavy atom. The van der Waals surface area contributed by atoms with Gasteiger partial charge in [-0.1, -0.05) is 31.9 Å². The maximum absolute atomic E-state index is 5.65. The van der Waals surface area contributed by atoms with E-state index >= 15 is 0 Å². The van der Waals surface area contributed by atoms with Crippen molar-refractivity contribution in [3.05, 3.63) is 0 Å². The minimum atomic E-state index is 0.606. The Bertz CT molecular complexity index is 259. The van der Waals surface area contributed by atoms with E-state index in [0.717, 1.165) is 22.5 Å². The van der Waals surface area contributed by atoms with Crippen LogP contribution in [-0.4, -0.2) is 35.1 Å². The van der Waals surface area contributed by atoms with Crippen LogP contribution in [0.5, 0.6) is 0 Å². The molecule has 0 saturated carbocycles. The molecule has 0 amide bonds. The van der Waals surface area contributed by atoms with Crippen LogP contribution in [0.2, 0.25) is 0 Å². The third-order valence-electron chi connectivity index (χ3n) is 4.86. The lowest BCUT2D eigenvalue weighted by Gasteiger charge is -2.14. The van der Waals surface area contributed by atoms with E-state index in [1.165, 1.54) is 38.5 Å². The van der Waals surface area contributed by atoms with Crippen LogP contribution in [0.4, 0.5) is 0 Å². The number of halogens is 2. The highest BCUT2D eigenvalue weighted by Crippen LogP contribution is 2.40. The lowest BCUT2D eigenvalue weighted by Crippen LogP contribution is -2.16. The first-order chi connectivity index (χ1) is 8.80. The number of fused-ring (bicyclic) bond motifs is 4. The maximum atomic E-state index is 5.65. The molecule has 4 rings (SSSR count). The zero-order valence-electron chi connectivity index (χ0n) is 10.7. The van der Waals surface area contributed by atoms with Gasteiger partial charge in [0.05, 0.1) is 24.4 Å². The van der Waals surface area contributed by atoms with Gasteiger partial charge in [0.1, 0.15) is 0 Å². The summed E-state index contributed by atoms with van der Waals surface area (Å²) in [5, 5.41) is 2.27. The normalized spacial score (nSPS) is 48.3. The van der Waals surface area contributed by atoms with E-state index < -0.39 is 0 Å². The Balaban J connectivity index is 0.000000111. The maximum Gasteiger partial charge on any atom is 0.0616 e. The minimum absolute atomic E-state index is 0.606. The number of ether oxygens (including phenoxy) is 2. The SMILES string of the molecule is BrC[C@@H]1C[C@@H]2CC[C@H]1O2.BrC[C@H]1C[C@H]2CC[C@@H]1O2. The molecule has 4 heteroatoms. The molecule has 18 heavy (non-hydrogen) atoms. The second-order valence-electron chi connectivity index (χ2n) is 6.05. The van der Waals surface area contributed by atoms with Crippen molar-refractivity contribution in [2.45, 2.75) is 62.9 Å². The lowest BCUT2D eigenvalue weighted by atomic mass is 9.91. The van der Waals surface area contributed by atoms with E-state index in [9.17, 15) is 0 Å². The topological polar surface area (TPSA) is 18.5 Å². The molecule has 0 aromatic carbocycles. The van der Waals surface area contributed by atoms with E-state index in [-0.39, 0.29) is 0 Å². The third kappa shape index (κ3) is 2.82. The zero-order chi connectivity index (χ0) is 12.5. The van der Waals surface area contributed by atoms with Crippen LogP contribution >= 0.6 is 31.9 Å². The van der Waals surface area contributed by atoms with Crippen molar-refractivity contribution in [1.29, 1.82) is 0 Å². The van der Waals surface area contributed by atoms with Gasteiger partial charge in [-0.15, -0.1) is 0 Å². The van der Waals surface area contributed by atoms with Crippen molar-refractivity contribution in [3.63, 3.8) is 0 Å². The average molecular weight is 382 g/mol. The molecule has 0 aliphatic carbocycles. The molecule has 0 spiro atoms. The van der Waals surface area contributed by atoms with E-state index in [2.05, 4.69) is 31.9 Å². The van der Waals surface area contributed by atoms with E-state index in [1.807, 2.05) is 0 Å². The van der Waals surface area contributed by atoms with Crippen molar-refractivity contribution < 1.29 is 9.47 Å². The molecule has 4 aliphatic heterocycles. The van der Waals surface area contributed by atoms with Crippen LogP contribution in [0, 0.1) is 11.8 Å². The third-order valence-corrected chi connectivity index (χ3v) is 6.52. The predicted octanol–water partition coefficient (Wildman–Crippen LogP) is 3.90. The quantitative estimate of drug-likeness (QED) is 0.675. The highest BCUT2D eigenvalue weighted by atomic mass is 79.9. The summed E-state index contributed by atoms with van der Waals surface area (Å²) in [6, 6.07) is 0. The van der Waals surface area contributed by atoms with Gasteiger partial charge in [-0.2, -0.15) is 0 Å². The van der Waals surface area contributed by atoms with Crippen LogP contribution in [0.1, 0.15) is 38.5 Å². The van der Waals surface area contributed by atoms with Crippen molar-refractivity contribution in [3.8, 4) is 0 Å². The van der Waals surface area contributed by atoms with Gasteiger partial charge >= 0.3 is 0 Å². The first kappa shape index (κ1) is 13.8. The van der Waals surface area contributed by atoms with Crippen molar-refractivity contribution >= 4 is 31.9 Å². The van der Waals surface area contributed by atoms with E-state index in [1.54, 1.807) is 0 Å². The second-order valence-corrected chi connectivity index (χ2v) is 7.34. The molecule has 4 heterocycles. The van der Waals surface area contributed by atoms with Crippen molar-refractivity contribution in [2.24, 2.45) is 11.8 Å². The van der Waals surface area contributed by atoms with Crippen molar-refractivity contribution in [2.75, 3.05) is 10.7 Å². The molecule has 0 aromatic heterocycles. The molecular formula is C14H22Br2O2. The standard InChI is InChI=1S/2C7H11BrO/c2*8-4-5-3-6-1-2-7(5)9-6/h2*5-7H,1-4H2/t2*5-,6-,7+/m10/s1. The summed E-state index contributed by atoms with van der Waals surface area (Å²) in [7, 11) is 0. The highest BCUT2D eigenvalue weighted by molar-refractivity contribution is 9.09. The van der Waals surface area contributed by atoms with Crippen LogP contribution in [0.25, 0.3) is 0 Å². The van der Waals surface area contributed by atoms with Gasteiger partial charge in [-0.3, -0.25) is 0 Å². The fourth-order valence-electron chi connectivity index (χ4n) is 3.81. The summed E-state index contributed by atoms with van der Waals surface area (Å²) in [6.45, 7) is 0. The lowest BCUT2D eigenvalue weighted by molar-refractivity contribution is 0.0954. The summed E-state index contributed by atoms with van der Waals surface area (Å²) in [6.07, 6.45) is 10.3. The molecule has 6 atom stereocenters. The molecular weight excluding hydrogens is 360 g/mol. The number of hydrogen-bond donors (Lipinski definition) is 0. The summed E-state index contributed by atoms with van der Waals surface area (Å²) >= 11 is 7.00. The monoisotopic (exact) mass is 380 g/mol. The van der Waals surface area contributed by atoms with E-state index in [4.69, 9.17) is 9.47 Å². The summed E-state index contributed by atoms with van der Waals surface area (Å²) in [4.78, 5) is 0. The number of rotatable bonds is 2. The van der Waals surface area contributed by atoms with Gasteiger partial charge in [0.15, 0.2) is 0 Å². The second kappa shape index (κ2) is 6.11. The average Bonchev–Trinajstić information content (AvgIpc) is 3.17. The first-order valence-electron chi connectivity index (χ1n) is 7.23. The van der Waals surface area contributed by atoms with Gasteiger partial charge in [0.25, 0.3) is 0 Å². The smallest absolute Gasteiger partial charge is 0.0616 e. The summed E-state index contributed by atoms with van der Waals surface area (Å²) < 4.78 is 11.3. The van der Waals surface area contributed by atoms with E-state index in [0.29, 0.717) is 24.4 Å². The first-order valence-corrected chi connectivity index (χ1v) is 9.47. The number of hydrogen-bond acceptors (Lipinski definition) is 2. The predicted molar refractivity (Wildman–Crippen MR) is 79.6 cm³/mol. The Hall–Kier alpha value is 0.880.